The Morgan fingerprint density at radius 2 is 1.64 bits per heavy atom. The fraction of sp³-hybridized carbons (Fsp3) is 0.667. The second kappa shape index (κ2) is 10.2. The maximum atomic E-state index is 2.30. The van der Waals surface area contributed by atoms with Crippen LogP contribution >= 0.6 is 0 Å². The van der Waals surface area contributed by atoms with Crippen LogP contribution in [0.5, 0.6) is 0 Å². The predicted octanol–water partition coefficient (Wildman–Crippen LogP) is 3.02. The summed E-state index contributed by atoms with van der Waals surface area (Å²) in [4.78, 5) is 0. The van der Waals surface area contributed by atoms with Crippen LogP contribution in [0.15, 0.2) is 31.1 Å². The lowest BCUT2D eigenvalue weighted by Crippen LogP contribution is -2.35. The number of unbranched alkanes of at least 4 members (excludes halogenated alkanes) is 2. The van der Waals surface area contributed by atoms with Crippen molar-refractivity contribution in [2.24, 2.45) is 7.05 Å². The summed E-state index contributed by atoms with van der Waals surface area (Å²) in [6.07, 6.45) is 15.8. The minimum atomic E-state index is 1.07. The third-order valence-corrected chi connectivity index (χ3v) is 4.03. The lowest BCUT2D eigenvalue weighted by molar-refractivity contribution is -0.702. The van der Waals surface area contributed by atoms with E-state index >= 15 is 0 Å². The summed E-state index contributed by atoms with van der Waals surface area (Å²) in [5.74, 6) is 1.33. The number of hydrogen-bond acceptors (Lipinski definition) is 0. The smallest absolute Gasteiger partial charge is 0.237 e. The van der Waals surface area contributed by atoms with Crippen LogP contribution in [0.25, 0.3) is 0 Å². The molecule has 0 radical (unpaired) electrons. The standard InChI is InChI=1S/2C9H17N2/c1-4-5-6-11-8-7-10(3)9(11)2;1-3-5-6-11-8-7-10(4-2)9-11/h7-8H,4-6H2,1-3H3;7-9H,3-6H2,1-2H3/q2*+1. The molecule has 0 fully saturated rings. The van der Waals surface area contributed by atoms with Crippen molar-refractivity contribution in [2.45, 2.75) is 73.0 Å². The third kappa shape index (κ3) is 6.04. The average molecular weight is 306 g/mol. The Bertz CT molecular complexity index is 525. The van der Waals surface area contributed by atoms with Gasteiger partial charge in [-0.15, -0.1) is 0 Å². The molecular formula is C18H34N4+2. The van der Waals surface area contributed by atoms with Gasteiger partial charge in [0.05, 0.1) is 26.7 Å². The largest absolute Gasteiger partial charge is 0.253 e. The fourth-order valence-electron chi connectivity index (χ4n) is 2.26. The van der Waals surface area contributed by atoms with Gasteiger partial charge in [0.25, 0.3) is 5.82 Å². The van der Waals surface area contributed by atoms with Crippen LogP contribution in [0, 0.1) is 6.92 Å². The Hall–Kier alpha value is -1.58. The molecule has 4 nitrogen and oxygen atoms in total. The summed E-state index contributed by atoms with van der Waals surface area (Å²) in [5, 5.41) is 0. The monoisotopic (exact) mass is 306 g/mol. The number of hydrogen-bond donors (Lipinski definition) is 0. The molecule has 0 aliphatic heterocycles. The Morgan fingerprint density at radius 1 is 0.955 bits per heavy atom. The number of imidazole rings is 2. The highest BCUT2D eigenvalue weighted by atomic mass is 15.1. The highest BCUT2D eigenvalue weighted by Crippen LogP contribution is 1.92. The summed E-state index contributed by atoms with van der Waals surface area (Å²) in [6, 6.07) is 0. The molecule has 2 aromatic heterocycles. The molecule has 0 N–H and O–H groups in total. The van der Waals surface area contributed by atoms with Crippen molar-refractivity contribution in [3.63, 3.8) is 0 Å². The second-order valence-corrected chi connectivity index (χ2v) is 5.84. The average Bonchev–Trinajstić information content (AvgIpc) is 3.12. The summed E-state index contributed by atoms with van der Waals surface area (Å²) in [7, 11) is 2.08. The van der Waals surface area contributed by atoms with E-state index in [0.717, 1.165) is 19.6 Å². The van der Waals surface area contributed by atoms with Crippen LogP contribution in [0.1, 0.15) is 52.3 Å². The molecule has 0 aliphatic rings. The highest BCUT2D eigenvalue weighted by Gasteiger charge is 2.06. The third-order valence-electron chi connectivity index (χ3n) is 4.03. The summed E-state index contributed by atoms with van der Waals surface area (Å²) < 4.78 is 8.88. The van der Waals surface area contributed by atoms with Gasteiger partial charge in [0.15, 0.2) is 0 Å². The zero-order valence-electron chi connectivity index (χ0n) is 15.1. The molecule has 0 bridgehead atoms. The first kappa shape index (κ1) is 18.5. The first-order valence-electron chi connectivity index (χ1n) is 8.68. The molecule has 22 heavy (non-hydrogen) atoms. The SMILES string of the molecule is CCCC[n+]1ccn(C)c1C.CCCC[n+]1ccn(CC)c1. The van der Waals surface area contributed by atoms with Crippen LogP contribution in [-0.4, -0.2) is 9.13 Å². The van der Waals surface area contributed by atoms with Gasteiger partial charge in [-0.3, -0.25) is 0 Å². The molecule has 0 saturated heterocycles. The second-order valence-electron chi connectivity index (χ2n) is 5.84. The van der Waals surface area contributed by atoms with Gasteiger partial charge in [-0.05, 0) is 19.8 Å². The molecule has 124 valence electrons. The molecule has 0 spiro atoms. The zero-order valence-corrected chi connectivity index (χ0v) is 15.1. The molecule has 0 unspecified atom stereocenters. The van der Waals surface area contributed by atoms with Crippen molar-refractivity contribution < 1.29 is 9.13 Å². The minimum absolute atomic E-state index is 1.07. The lowest BCUT2D eigenvalue weighted by atomic mass is 10.3. The number of aromatic nitrogens is 4. The van der Waals surface area contributed by atoms with Crippen LogP contribution < -0.4 is 9.13 Å². The van der Waals surface area contributed by atoms with E-state index in [9.17, 15) is 0 Å². The van der Waals surface area contributed by atoms with Gasteiger partial charge in [0.1, 0.15) is 24.8 Å². The van der Waals surface area contributed by atoms with Crippen molar-refractivity contribution >= 4 is 0 Å². The molecule has 0 aromatic carbocycles. The van der Waals surface area contributed by atoms with Gasteiger partial charge in [-0.2, -0.15) is 0 Å². The first-order chi connectivity index (χ1) is 10.6. The van der Waals surface area contributed by atoms with E-state index in [4.69, 9.17) is 0 Å². The molecular weight excluding hydrogens is 272 g/mol. The predicted molar refractivity (Wildman–Crippen MR) is 90.5 cm³/mol. The molecule has 4 heteroatoms. The van der Waals surface area contributed by atoms with E-state index in [1.54, 1.807) is 0 Å². The zero-order chi connectivity index (χ0) is 16.4. The summed E-state index contributed by atoms with van der Waals surface area (Å²) in [6.45, 7) is 12.1. The van der Waals surface area contributed by atoms with Crippen molar-refractivity contribution in [2.75, 3.05) is 0 Å². The Balaban J connectivity index is 0.000000220. The molecule has 0 saturated carbocycles. The van der Waals surface area contributed by atoms with Gasteiger partial charge < -0.3 is 0 Å². The molecule has 2 aromatic rings. The molecule has 0 atom stereocenters. The Morgan fingerprint density at radius 3 is 2.14 bits per heavy atom. The normalized spacial score (nSPS) is 10.4. The van der Waals surface area contributed by atoms with Crippen LogP contribution in [0.3, 0.4) is 0 Å². The summed E-state index contributed by atoms with van der Waals surface area (Å²) in [5.41, 5.74) is 0. The van der Waals surface area contributed by atoms with E-state index in [-0.39, 0.29) is 0 Å². The van der Waals surface area contributed by atoms with Gasteiger partial charge in [0, 0.05) is 6.92 Å². The van der Waals surface area contributed by atoms with Crippen molar-refractivity contribution in [3.8, 4) is 0 Å². The first-order valence-corrected chi connectivity index (χ1v) is 8.68. The number of aryl methyl sites for hydroxylation is 4. The Labute approximate surface area is 136 Å². The van der Waals surface area contributed by atoms with Gasteiger partial charge >= 0.3 is 0 Å². The van der Waals surface area contributed by atoms with E-state index < -0.39 is 0 Å². The fourth-order valence-corrected chi connectivity index (χ4v) is 2.26. The molecule has 2 heterocycles. The summed E-state index contributed by atoms with van der Waals surface area (Å²) >= 11 is 0. The highest BCUT2D eigenvalue weighted by molar-refractivity contribution is 4.76. The van der Waals surface area contributed by atoms with E-state index in [1.807, 2.05) is 0 Å². The maximum absolute atomic E-state index is 2.30. The molecule has 0 aliphatic carbocycles. The minimum Gasteiger partial charge on any atom is -0.237 e. The maximum Gasteiger partial charge on any atom is 0.253 e. The van der Waals surface area contributed by atoms with Crippen molar-refractivity contribution in [3.05, 3.63) is 36.9 Å². The molecule has 2 rings (SSSR count). The van der Waals surface area contributed by atoms with Crippen molar-refractivity contribution in [1.29, 1.82) is 0 Å². The topological polar surface area (TPSA) is 17.6 Å². The van der Waals surface area contributed by atoms with E-state index in [1.165, 1.54) is 31.5 Å². The number of rotatable bonds is 7. The van der Waals surface area contributed by atoms with Gasteiger partial charge in [-0.25, -0.2) is 18.3 Å². The molecule has 0 amide bonds. The van der Waals surface area contributed by atoms with E-state index in [0.29, 0.717) is 0 Å². The Kier molecular flexibility index (Phi) is 8.56. The van der Waals surface area contributed by atoms with Gasteiger partial charge in [0.2, 0.25) is 6.33 Å². The number of nitrogens with zero attached hydrogens (tertiary/aromatic N) is 4. The van der Waals surface area contributed by atoms with Crippen LogP contribution in [0.2, 0.25) is 0 Å². The van der Waals surface area contributed by atoms with Crippen LogP contribution in [0.4, 0.5) is 0 Å². The van der Waals surface area contributed by atoms with Crippen molar-refractivity contribution in [1.82, 2.24) is 9.13 Å². The quantitative estimate of drug-likeness (QED) is 0.700. The lowest BCUT2D eigenvalue weighted by Gasteiger charge is -1.95. The van der Waals surface area contributed by atoms with E-state index in [2.05, 4.69) is 84.1 Å². The van der Waals surface area contributed by atoms with Crippen LogP contribution in [-0.2, 0) is 26.7 Å². The van der Waals surface area contributed by atoms with Gasteiger partial charge in [-0.1, -0.05) is 26.7 Å².